The van der Waals surface area contributed by atoms with Gasteiger partial charge in [0.15, 0.2) is 0 Å². The van der Waals surface area contributed by atoms with Crippen LogP contribution in [0, 0.1) is 10.1 Å². The Kier molecular flexibility index (Phi) is 4.34. The van der Waals surface area contributed by atoms with Crippen LogP contribution in [0.5, 0.6) is 0 Å². The van der Waals surface area contributed by atoms with Gasteiger partial charge in [0.2, 0.25) is 0 Å². The minimum atomic E-state index is -0.389. The number of rotatable bonds is 5. The van der Waals surface area contributed by atoms with Crippen molar-refractivity contribution in [2.75, 3.05) is 7.05 Å². The highest BCUT2D eigenvalue weighted by molar-refractivity contribution is 9.10. The van der Waals surface area contributed by atoms with Crippen molar-refractivity contribution >= 4 is 21.6 Å². The summed E-state index contributed by atoms with van der Waals surface area (Å²) in [6.45, 7) is 1.26. The molecule has 0 aliphatic carbocycles. The van der Waals surface area contributed by atoms with E-state index in [1.54, 1.807) is 12.3 Å². The van der Waals surface area contributed by atoms with E-state index in [0.717, 1.165) is 11.3 Å². The molecule has 19 heavy (non-hydrogen) atoms. The first-order valence-corrected chi connectivity index (χ1v) is 6.50. The second-order valence-electron chi connectivity index (χ2n) is 4.26. The van der Waals surface area contributed by atoms with E-state index in [9.17, 15) is 10.1 Å². The van der Waals surface area contributed by atoms with Crippen LogP contribution in [-0.2, 0) is 13.1 Å². The highest BCUT2D eigenvalue weighted by Gasteiger charge is 2.15. The number of nitro benzene ring substituents is 1. The van der Waals surface area contributed by atoms with Crippen molar-refractivity contribution in [1.82, 2.24) is 4.90 Å². The Hall–Kier alpha value is -1.66. The molecular weight excluding hydrogens is 312 g/mol. The second-order valence-corrected chi connectivity index (χ2v) is 5.05. The highest BCUT2D eigenvalue weighted by atomic mass is 79.9. The average Bonchev–Trinajstić information content (AvgIpc) is 2.84. The maximum absolute atomic E-state index is 10.9. The molecule has 100 valence electrons. The van der Waals surface area contributed by atoms with Crippen LogP contribution in [0.4, 0.5) is 5.69 Å². The number of hydrogen-bond acceptors (Lipinski definition) is 4. The van der Waals surface area contributed by atoms with Crippen LogP contribution in [0.3, 0.4) is 0 Å². The standard InChI is InChI=1S/C13H13BrN2O3/c1-15(9-11-5-3-7-19-11)8-10-4-2-6-12(13(10)14)16(17)18/h2-7H,8-9H2,1H3. The van der Waals surface area contributed by atoms with Gasteiger partial charge in [-0.05, 0) is 40.7 Å². The third-order valence-corrected chi connectivity index (χ3v) is 3.62. The lowest BCUT2D eigenvalue weighted by Crippen LogP contribution is -2.17. The maximum Gasteiger partial charge on any atom is 0.283 e. The van der Waals surface area contributed by atoms with Gasteiger partial charge in [0, 0.05) is 12.6 Å². The molecule has 0 spiro atoms. The summed E-state index contributed by atoms with van der Waals surface area (Å²) in [5.41, 5.74) is 0.965. The zero-order valence-corrected chi connectivity index (χ0v) is 12.0. The number of nitro groups is 1. The van der Waals surface area contributed by atoms with Gasteiger partial charge in [-0.15, -0.1) is 0 Å². The zero-order valence-electron chi connectivity index (χ0n) is 10.4. The highest BCUT2D eigenvalue weighted by Crippen LogP contribution is 2.29. The number of benzene rings is 1. The van der Waals surface area contributed by atoms with Crippen LogP contribution in [0.2, 0.25) is 0 Å². The Balaban J connectivity index is 2.10. The number of furan rings is 1. The third-order valence-electron chi connectivity index (χ3n) is 2.70. The van der Waals surface area contributed by atoms with Crippen LogP contribution < -0.4 is 0 Å². The van der Waals surface area contributed by atoms with E-state index >= 15 is 0 Å². The topological polar surface area (TPSA) is 59.5 Å². The van der Waals surface area contributed by atoms with Crippen LogP contribution in [-0.4, -0.2) is 16.9 Å². The van der Waals surface area contributed by atoms with E-state index in [0.29, 0.717) is 17.6 Å². The van der Waals surface area contributed by atoms with Gasteiger partial charge in [0.05, 0.1) is 22.2 Å². The molecule has 2 aromatic rings. The molecule has 0 bridgehead atoms. The normalized spacial score (nSPS) is 10.9. The predicted molar refractivity (Wildman–Crippen MR) is 74.7 cm³/mol. The lowest BCUT2D eigenvalue weighted by Gasteiger charge is -2.16. The fraction of sp³-hybridized carbons (Fsp3) is 0.231. The molecule has 5 nitrogen and oxygen atoms in total. The summed E-state index contributed by atoms with van der Waals surface area (Å²) in [5.74, 6) is 0.865. The summed E-state index contributed by atoms with van der Waals surface area (Å²) in [6, 6.07) is 8.79. The van der Waals surface area contributed by atoms with Crippen molar-refractivity contribution in [3.63, 3.8) is 0 Å². The molecule has 0 aliphatic heterocycles. The summed E-state index contributed by atoms with van der Waals surface area (Å²) in [5, 5.41) is 10.9. The third kappa shape index (κ3) is 3.42. The molecule has 1 heterocycles. The largest absolute Gasteiger partial charge is 0.468 e. The first-order chi connectivity index (χ1) is 9.08. The summed E-state index contributed by atoms with van der Waals surface area (Å²) in [6.07, 6.45) is 1.63. The zero-order chi connectivity index (χ0) is 13.8. The molecule has 0 atom stereocenters. The van der Waals surface area contributed by atoms with Gasteiger partial charge in [-0.2, -0.15) is 0 Å². The number of halogens is 1. The van der Waals surface area contributed by atoms with E-state index in [1.807, 2.05) is 30.1 Å². The lowest BCUT2D eigenvalue weighted by molar-refractivity contribution is -0.385. The van der Waals surface area contributed by atoms with E-state index < -0.39 is 0 Å². The Bertz CT molecular complexity index is 569. The molecule has 0 fully saturated rings. The Morgan fingerprint density at radius 1 is 1.32 bits per heavy atom. The summed E-state index contributed by atoms with van der Waals surface area (Å²) >= 11 is 3.30. The van der Waals surface area contributed by atoms with Gasteiger partial charge in [0.1, 0.15) is 5.76 Å². The summed E-state index contributed by atoms with van der Waals surface area (Å²) in [4.78, 5) is 12.5. The minimum Gasteiger partial charge on any atom is -0.468 e. The van der Waals surface area contributed by atoms with Gasteiger partial charge in [-0.3, -0.25) is 15.0 Å². The molecule has 0 saturated carbocycles. The quantitative estimate of drug-likeness (QED) is 0.623. The molecule has 0 saturated heterocycles. The molecule has 0 radical (unpaired) electrons. The smallest absolute Gasteiger partial charge is 0.283 e. The number of nitrogens with zero attached hydrogens (tertiary/aromatic N) is 2. The number of hydrogen-bond donors (Lipinski definition) is 0. The Morgan fingerprint density at radius 2 is 2.11 bits per heavy atom. The van der Waals surface area contributed by atoms with Gasteiger partial charge >= 0.3 is 0 Å². The summed E-state index contributed by atoms with van der Waals surface area (Å²) < 4.78 is 5.81. The van der Waals surface area contributed by atoms with Crippen molar-refractivity contribution in [2.24, 2.45) is 0 Å². The molecule has 2 rings (SSSR count). The lowest BCUT2D eigenvalue weighted by atomic mass is 10.2. The van der Waals surface area contributed by atoms with Gasteiger partial charge < -0.3 is 4.42 Å². The fourth-order valence-electron chi connectivity index (χ4n) is 1.84. The Labute approximate surface area is 119 Å². The van der Waals surface area contributed by atoms with Crippen LogP contribution in [0.1, 0.15) is 11.3 Å². The molecule has 1 aromatic carbocycles. The molecule has 0 unspecified atom stereocenters. The first kappa shape index (κ1) is 13.8. The minimum absolute atomic E-state index is 0.0869. The van der Waals surface area contributed by atoms with E-state index in [1.165, 1.54) is 6.07 Å². The van der Waals surface area contributed by atoms with Gasteiger partial charge in [-0.25, -0.2) is 0 Å². The van der Waals surface area contributed by atoms with Crippen LogP contribution in [0.25, 0.3) is 0 Å². The monoisotopic (exact) mass is 324 g/mol. The van der Waals surface area contributed by atoms with Crippen molar-refractivity contribution in [3.8, 4) is 0 Å². The molecule has 0 amide bonds. The molecule has 1 aromatic heterocycles. The van der Waals surface area contributed by atoms with E-state index in [2.05, 4.69) is 15.9 Å². The van der Waals surface area contributed by atoms with Crippen molar-refractivity contribution in [1.29, 1.82) is 0 Å². The van der Waals surface area contributed by atoms with Crippen LogP contribution >= 0.6 is 15.9 Å². The molecular formula is C13H13BrN2O3. The van der Waals surface area contributed by atoms with E-state index in [-0.39, 0.29) is 10.6 Å². The molecule has 6 heteroatoms. The fourth-order valence-corrected chi connectivity index (χ4v) is 2.38. The predicted octanol–water partition coefficient (Wildman–Crippen LogP) is 3.58. The molecule has 0 N–H and O–H groups in total. The van der Waals surface area contributed by atoms with Crippen molar-refractivity contribution in [3.05, 3.63) is 62.5 Å². The summed E-state index contributed by atoms with van der Waals surface area (Å²) in [7, 11) is 1.94. The average molecular weight is 325 g/mol. The molecule has 0 aliphatic rings. The maximum atomic E-state index is 10.9. The Morgan fingerprint density at radius 3 is 2.74 bits per heavy atom. The van der Waals surface area contributed by atoms with Gasteiger partial charge in [0.25, 0.3) is 5.69 Å². The van der Waals surface area contributed by atoms with Crippen LogP contribution in [0.15, 0.2) is 45.5 Å². The second kappa shape index (κ2) is 5.99. The van der Waals surface area contributed by atoms with Crippen molar-refractivity contribution in [2.45, 2.75) is 13.1 Å². The van der Waals surface area contributed by atoms with E-state index in [4.69, 9.17) is 4.42 Å². The SMILES string of the molecule is CN(Cc1ccco1)Cc1cccc([N+](=O)[O-])c1Br. The first-order valence-electron chi connectivity index (χ1n) is 5.70. The van der Waals surface area contributed by atoms with Crippen molar-refractivity contribution < 1.29 is 9.34 Å². The van der Waals surface area contributed by atoms with Gasteiger partial charge in [-0.1, -0.05) is 12.1 Å².